The van der Waals surface area contributed by atoms with Gasteiger partial charge >= 0.3 is 12.1 Å². The second kappa shape index (κ2) is 10.6. The standard InChI is InChI=1S/C19H22N2O3S.C2HF3O2/c20-18-9-5-4-8-17(18)19(22)21-14-10-12-16(13-11-14)25(23,24)15-6-2-1-3-7-15;3-2(4,5)1(6)7/h1-3,6-7,10-13,17-18H,4-5,8-9,20H2,(H,21,22);(H,6,7)/t17-,18+;/m0./s1. The number of rotatable bonds is 4. The van der Waals surface area contributed by atoms with Crippen molar-refractivity contribution in [2.24, 2.45) is 11.7 Å². The minimum atomic E-state index is -5.08. The van der Waals surface area contributed by atoms with E-state index >= 15 is 0 Å². The number of amides is 1. The van der Waals surface area contributed by atoms with Crippen LogP contribution < -0.4 is 11.1 Å². The molecule has 2 aromatic carbocycles. The lowest BCUT2D eigenvalue weighted by molar-refractivity contribution is -0.192. The fourth-order valence-corrected chi connectivity index (χ4v) is 4.46. The van der Waals surface area contributed by atoms with E-state index in [1.165, 1.54) is 12.1 Å². The molecule has 0 radical (unpaired) electrons. The van der Waals surface area contributed by atoms with Crippen LogP contribution in [0.4, 0.5) is 18.9 Å². The first-order chi connectivity index (χ1) is 14.9. The van der Waals surface area contributed by atoms with Crippen molar-refractivity contribution in [2.75, 3.05) is 5.32 Å². The molecule has 0 unspecified atom stereocenters. The molecule has 11 heteroatoms. The van der Waals surface area contributed by atoms with Crippen molar-refractivity contribution >= 4 is 27.4 Å². The van der Waals surface area contributed by atoms with Gasteiger partial charge in [0.1, 0.15) is 0 Å². The van der Waals surface area contributed by atoms with Crippen molar-refractivity contribution in [1.29, 1.82) is 0 Å². The third-order valence-corrected chi connectivity index (χ3v) is 6.67. The minimum absolute atomic E-state index is 0.0918. The molecule has 0 aliphatic heterocycles. The molecule has 2 atom stereocenters. The summed E-state index contributed by atoms with van der Waals surface area (Å²) in [6.07, 6.45) is -1.34. The number of carbonyl (C=O) groups excluding carboxylic acids is 1. The summed E-state index contributed by atoms with van der Waals surface area (Å²) >= 11 is 0. The SMILES string of the molecule is N[C@@H]1CCCC[C@@H]1C(=O)Nc1ccc(S(=O)(=O)c2ccccc2)cc1.O=C(O)C(F)(F)F. The highest BCUT2D eigenvalue weighted by Gasteiger charge is 2.38. The molecule has 32 heavy (non-hydrogen) atoms. The molecule has 2 aromatic rings. The van der Waals surface area contributed by atoms with Crippen LogP contribution in [0.1, 0.15) is 25.7 Å². The number of halogens is 3. The van der Waals surface area contributed by atoms with Crippen LogP contribution in [0.2, 0.25) is 0 Å². The number of hydrogen-bond acceptors (Lipinski definition) is 5. The molecule has 0 spiro atoms. The van der Waals surface area contributed by atoms with Crippen LogP contribution in [0.15, 0.2) is 64.4 Å². The number of sulfone groups is 1. The Morgan fingerprint density at radius 1 is 0.938 bits per heavy atom. The number of benzene rings is 2. The van der Waals surface area contributed by atoms with Gasteiger partial charge in [-0.05, 0) is 49.2 Å². The number of carbonyl (C=O) groups is 2. The highest BCUT2D eigenvalue weighted by atomic mass is 32.2. The Kier molecular flexibility index (Phi) is 8.39. The predicted molar refractivity (Wildman–Crippen MR) is 111 cm³/mol. The number of alkyl halides is 3. The summed E-state index contributed by atoms with van der Waals surface area (Å²) in [5.74, 6) is -3.03. The highest BCUT2D eigenvalue weighted by molar-refractivity contribution is 7.91. The molecular formula is C21H23F3N2O5S. The number of carboxylic acids is 1. The van der Waals surface area contributed by atoms with Crippen molar-refractivity contribution < 1.29 is 36.3 Å². The molecule has 4 N–H and O–H groups in total. The van der Waals surface area contributed by atoms with Gasteiger partial charge < -0.3 is 16.2 Å². The van der Waals surface area contributed by atoms with Gasteiger partial charge in [-0.25, -0.2) is 13.2 Å². The number of anilines is 1. The number of hydrogen-bond donors (Lipinski definition) is 3. The molecule has 0 bridgehead atoms. The van der Waals surface area contributed by atoms with E-state index in [1.54, 1.807) is 42.5 Å². The van der Waals surface area contributed by atoms with Crippen LogP contribution in [0.3, 0.4) is 0 Å². The van der Waals surface area contributed by atoms with Gasteiger partial charge in [0.2, 0.25) is 15.7 Å². The van der Waals surface area contributed by atoms with E-state index in [9.17, 15) is 26.4 Å². The molecule has 1 aliphatic carbocycles. The third-order valence-electron chi connectivity index (χ3n) is 4.88. The Morgan fingerprint density at radius 3 is 1.94 bits per heavy atom. The molecule has 1 amide bonds. The van der Waals surface area contributed by atoms with Gasteiger partial charge in [0.05, 0.1) is 15.7 Å². The fraction of sp³-hybridized carbons (Fsp3) is 0.333. The molecule has 1 fully saturated rings. The average molecular weight is 472 g/mol. The van der Waals surface area contributed by atoms with E-state index in [1.807, 2.05) is 0 Å². The molecule has 0 saturated heterocycles. The van der Waals surface area contributed by atoms with Gasteiger partial charge in [0.15, 0.2) is 0 Å². The Labute approximate surface area is 183 Å². The Bertz CT molecular complexity index is 1030. The summed E-state index contributed by atoms with van der Waals surface area (Å²) in [4.78, 5) is 21.7. The van der Waals surface area contributed by atoms with Crippen LogP contribution in [-0.2, 0) is 19.4 Å². The van der Waals surface area contributed by atoms with E-state index in [-0.39, 0.29) is 27.7 Å². The third kappa shape index (κ3) is 6.79. The first-order valence-electron chi connectivity index (χ1n) is 9.69. The average Bonchev–Trinajstić information content (AvgIpc) is 2.75. The number of carboxylic acid groups (broad SMARTS) is 1. The van der Waals surface area contributed by atoms with Crippen LogP contribution in [0.25, 0.3) is 0 Å². The summed E-state index contributed by atoms with van der Waals surface area (Å²) in [5.41, 5.74) is 6.62. The maximum atomic E-state index is 12.6. The van der Waals surface area contributed by atoms with Gasteiger partial charge in [0, 0.05) is 11.7 Å². The zero-order valence-corrected chi connectivity index (χ0v) is 17.7. The van der Waals surface area contributed by atoms with Crippen molar-refractivity contribution in [3.05, 3.63) is 54.6 Å². The molecule has 0 heterocycles. The first-order valence-corrected chi connectivity index (χ1v) is 11.2. The van der Waals surface area contributed by atoms with E-state index in [0.717, 1.165) is 25.7 Å². The van der Waals surface area contributed by atoms with Crippen LogP contribution in [-0.4, -0.2) is 37.6 Å². The van der Waals surface area contributed by atoms with Gasteiger partial charge in [-0.1, -0.05) is 31.0 Å². The molecular weight excluding hydrogens is 449 g/mol. The zero-order valence-electron chi connectivity index (χ0n) is 16.9. The maximum absolute atomic E-state index is 12.6. The predicted octanol–water partition coefficient (Wildman–Crippen LogP) is 3.61. The van der Waals surface area contributed by atoms with Gasteiger partial charge in [-0.2, -0.15) is 13.2 Å². The van der Waals surface area contributed by atoms with Crippen molar-refractivity contribution in [1.82, 2.24) is 0 Å². The highest BCUT2D eigenvalue weighted by Crippen LogP contribution is 2.26. The summed E-state index contributed by atoms with van der Waals surface area (Å²) in [6.45, 7) is 0. The Morgan fingerprint density at radius 2 is 1.44 bits per heavy atom. The molecule has 7 nitrogen and oxygen atoms in total. The summed E-state index contributed by atoms with van der Waals surface area (Å²) in [7, 11) is -3.55. The van der Waals surface area contributed by atoms with E-state index in [0.29, 0.717) is 5.69 Å². The summed E-state index contributed by atoms with van der Waals surface area (Å²) < 4.78 is 56.8. The topological polar surface area (TPSA) is 127 Å². The monoisotopic (exact) mass is 472 g/mol. The van der Waals surface area contributed by atoms with Crippen LogP contribution in [0.5, 0.6) is 0 Å². The summed E-state index contributed by atoms with van der Waals surface area (Å²) in [5, 5.41) is 9.97. The van der Waals surface area contributed by atoms with Gasteiger partial charge in [-0.15, -0.1) is 0 Å². The number of aliphatic carboxylic acids is 1. The van der Waals surface area contributed by atoms with Gasteiger partial charge in [0.25, 0.3) is 0 Å². The van der Waals surface area contributed by atoms with E-state index in [2.05, 4.69) is 5.32 Å². The Hall–Kier alpha value is -2.92. The van der Waals surface area contributed by atoms with Crippen molar-refractivity contribution in [2.45, 2.75) is 47.7 Å². The normalized spacial score (nSPS) is 18.8. The van der Waals surface area contributed by atoms with E-state index in [4.69, 9.17) is 15.6 Å². The molecule has 174 valence electrons. The lowest BCUT2D eigenvalue weighted by atomic mass is 9.84. The van der Waals surface area contributed by atoms with Gasteiger partial charge in [-0.3, -0.25) is 4.79 Å². The second-order valence-corrected chi connectivity index (χ2v) is 9.14. The Balaban J connectivity index is 0.000000451. The second-order valence-electron chi connectivity index (χ2n) is 7.19. The maximum Gasteiger partial charge on any atom is 0.490 e. The van der Waals surface area contributed by atoms with Crippen LogP contribution >= 0.6 is 0 Å². The molecule has 1 aliphatic rings. The lowest BCUT2D eigenvalue weighted by Gasteiger charge is -2.27. The van der Waals surface area contributed by atoms with Crippen molar-refractivity contribution in [3.63, 3.8) is 0 Å². The van der Waals surface area contributed by atoms with E-state index < -0.39 is 22.0 Å². The first kappa shape index (κ1) is 25.3. The zero-order chi connectivity index (χ0) is 23.9. The number of nitrogens with one attached hydrogen (secondary N) is 1. The smallest absolute Gasteiger partial charge is 0.475 e. The quantitative estimate of drug-likeness (QED) is 0.624. The lowest BCUT2D eigenvalue weighted by Crippen LogP contribution is -2.40. The molecule has 3 rings (SSSR count). The van der Waals surface area contributed by atoms with Crippen molar-refractivity contribution in [3.8, 4) is 0 Å². The molecule has 0 aromatic heterocycles. The fourth-order valence-electron chi connectivity index (χ4n) is 3.17. The minimum Gasteiger partial charge on any atom is -0.475 e. The number of nitrogens with two attached hydrogens (primary N) is 1. The van der Waals surface area contributed by atoms with Crippen LogP contribution in [0, 0.1) is 5.92 Å². The largest absolute Gasteiger partial charge is 0.490 e. The molecule has 1 saturated carbocycles. The summed E-state index contributed by atoms with van der Waals surface area (Å²) in [6, 6.07) is 14.4.